The van der Waals surface area contributed by atoms with Crippen molar-refractivity contribution < 1.29 is 19.4 Å². The first-order valence-electron chi connectivity index (χ1n) is 6.05. The predicted molar refractivity (Wildman–Crippen MR) is 73.6 cm³/mol. The highest BCUT2D eigenvalue weighted by atomic mass is 16.4. The molecule has 0 saturated carbocycles. The Morgan fingerprint density at radius 3 is 2.71 bits per heavy atom. The van der Waals surface area contributed by atoms with Crippen LogP contribution in [0.25, 0.3) is 5.69 Å². The molecule has 0 fully saturated rings. The van der Waals surface area contributed by atoms with Gasteiger partial charge in [-0.25, -0.2) is 9.48 Å². The van der Waals surface area contributed by atoms with Gasteiger partial charge in [0.1, 0.15) is 0 Å². The normalized spacial score (nSPS) is 12.2. The van der Waals surface area contributed by atoms with Crippen molar-refractivity contribution in [1.82, 2.24) is 15.0 Å². The zero-order valence-electron chi connectivity index (χ0n) is 11.5. The Hall–Kier alpha value is -2.74. The van der Waals surface area contributed by atoms with Crippen molar-refractivity contribution in [1.29, 1.82) is 0 Å². The minimum atomic E-state index is -1.19. The van der Waals surface area contributed by atoms with Crippen LogP contribution in [0.3, 0.4) is 0 Å². The lowest BCUT2D eigenvalue weighted by atomic mass is 10.2. The first kappa shape index (κ1) is 14.7. The molecule has 0 atom stereocenters. The van der Waals surface area contributed by atoms with Crippen LogP contribution in [-0.2, 0) is 16.0 Å². The minimum Gasteiger partial charge on any atom is -0.476 e. The molecule has 2 aromatic rings. The van der Waals surface area contributed by atoms with Crippen molar-refractivity contribution in [2.24, 2.45) is 0 Å². The summed E-state index contributed by atoms with van der Waals surface area (Å²) in [7, 11) is 3.25. The minimum absolute atomic E-state index is 0.0662. The van der Waals surface area contributed by atoms with Gasteiger partial charge in [0.2, 0.25) is 5.91 Å². The Bertz CT molecular complexity index is 681. The number of rotatable bonds is 1. The number of fused-ring (bicyclic) bond motifs is 3. The number of anilines is 1. The molecule has 110 valence electrons. The van der Waals surface area contributed by atoms with Gasteiger partial charge in [-0.15, -0.1) is 5.10 Å². The molecule has 0 spiro atoms. The van der Waals surface area contributed by atoms with Gasteiger partial charge in [-0.1, -0.05) is 17.3 Å². The van der Waals surface area contributed by atoms with E-state index in [1.165, 1.54) is 4.68 Å². The van der Waals surface area contributed by atoms with Crippen LogP contribution >= 0.6 is 0 Å². The number of carbonyl (C=O) groups excluding carboxylic acids is 1. The Labute approximate surface area is 120 Å². The summed E-state index contributed by atoms with van der Waals surface area (Å²) in [4.78, 5) is 22.7. The third-order valence-electron chi connectivity index (χ3n) is 2.70. The highest BCUT2D eigenvalue weighted by molar-refractivity contribution is 5.97. The topological polar surface area (TPSA) is 106 Å². The van der Waals surface area contributed by atoms with E-state index in [2.05, 4.69) is 20.4 Å². The van der Waals surface area contributed by atoms with Crippen LogP contribution in [0.1, 0.15) is 16.2 Å². The van der Waals surface area contributed by atoms with Gasteiger partial charge in [-0.05, 0) is 12.1 Å². The highest BCUT2D eigenvalue weighted by Gasteiger charge is 2.26. The molecular formula is C13H14N4O4. The summed E-state index contributed by atoms with van der Waals surface area (Å²) in [5, 5.41) is 19.1. The van der Waals surface area contributed by atoms with E-state index in [1.807, 2.05) is 0 Å². The second kappa shape index (κ2) is 6.14. The summed E-state index contributed by atoms with van der Waals surface area (Å²) in [5.41, 5.74) is 1.29. The van der Waals surface area contributed by atoms with Crippen molar-refractivity contribution in [2.75, 3.05) is 19.5 Å². The van der Waals surface area contributed by atoms with Gasteiger partial charge < -0.3 is 15.2 Å². The standard InChI is InChI=1S/C11H8N4O3.C2H6O/c16-9-5-8-10(11(17)18)13-14-15(8)7-4-2-1-3-6(7)12-9;1-3-2/h1-4H,5H2,(H,12,16)(H,17,18);1-2H3. The second-order valence-electron chi connectivity index (χ2n) is 4.25. The van der Waals surface area contributed by atoms with Crippen molar-refractivity contribution in [3.05, 3.63) is 35.7 Å². The Balaban J connectivity index is 0.000000497. The van der Waals surface area contributed by atoms with Crippen molar-refractivity contribution >= 4 is 17.6 Å². The summed E-state index contributed by atoms with van der Waals surface area (Å²) in [6.07, 6.45) is -0.0662. The SMILES string of the molecule is COC.O=C1Cc2c(C(=O)O)nnn2-c2ccccc2N1. The number of hydrogen-bond donors (Lipinski definition) is 2. The number of carboxylic acids is 1. The third-order valence-corrected chi connectivity index (χ3v) is 2.70. The van der Waals surface area contributed by atoms with Crippen LogP contribution in [-0.4, -0.2) is 46.2 Å². The first-order chi connectivity index (χ1) is 10.1. The van der Waals surface area contributed by atoms with E-state index in [1.54, 1.807) is 38.5 Å². The number of hydrogen-bond acceptors (Lipinski definition) is 5. The molecule has 0 unspecified atom stereocenters. The molecule has 1 aliphatic rings. The number of aromatic nitrogens is 3. The molecule has 1 aromatic carbocycles. The molecule has 3 rings (SSSR count). The van der Waals surface area contributed by atoms with Gasteiger partial charge in [0.05, 0.1) is 23.5 Å². The maximum atomic E-state index is 11.7. The molecule has 2 heterocycles. The average molecular weight is 290 g/mol. The highest BCUT2D eigenvalue weighted by Crippen LogP contribution is 2.25. The van der Waals surface area contributed by atoms with E-state index in [9.17, 15) is 9.59 Å². The van der Waals surface area contributed by atoms with Crippen LogP contribution < -0.4 is 5.32 Å². The number of aromatic carboxylic acids is 1. The van der Waals surface area contributed by atoms with Crippen molar-refractivity contribution in [3.63, 3.8) is 0 Å². The van der Waals surface area contributed by atoms with Crippen molar-refractivity contribution in [2.45, 2.75) is 6.42 Å². The number of benzene rings is 1. The maximum Gasteiger partial charge on any atom is 0.358 e. The number of nitrogens with zero attached hydrogens (tertiary/aromatic N) is 3. The Kier molecular flexibility index (Phi) is 4.29. The zero-order chi connectivity index (χ0) is 15.4. The molecular weight excluding hydrogens is 276 g/mol. The van der Waals surface area contributed by atoms with Gasteiger partial charge in [0.25, 0.3) is 0 Å². The van der Waals surface area contributed by atoms with Gasteiger partial charge in [0, 0.05) is 14.2 Å². The van der Waals surface area contributed by atoms with E-state index in [-0.39, 0.29) is 23.7 Å². The molecule has 1 aliphatic heterocycles. The van der Waals surface area contributed by atoms with Gasteiger partial charge in [-0.2, -0.15) is 0 Å². The van der Waals surface area contributed by atoms with Gasteiger partial charge in [0.15, 0.2) is 5.69 Å². The number of para-hydroxylation sites is 2. The van der Waals surface area contributed by atoms with Crippen LogP contribution in [0.5, 0.6) is 0 Å². The number of amides is 1. The molecule has 0 saturated heterocycles. The number of nitrogens with one attached hydrogen (secondary N) is 1. The van der Waals surface area contributed by atoms with Crippen LogP contribution in [0.4, 0.5) is 5.69 Å². The van der Waals surface area contributed by atoms with E-state index in [4.69, 9.17) is 5.11 Å². The first-order valence-corrected chi connectivity index (χ1v) is 6.05. The predicted octanol–water partition coefficient (Wildman–Crippen LogP) is 0.723. The lowest BCUT2D eigenvalue weighted by Crippen LogP contribution is -2.14. The van der Waals surface area contributed by atoms with Crippen LogP contribution in [0, 0.1) is 0 Å². The fourth-order valence-corrected chi connectivity index (χ4v) is 1.93. The average Bonchev–Trinajstić information content (AvgIpc) is 2.78. The van der Waals surface area contributed by atoms with Crippen LogP contribution in [0.15, 0.2) is 24.3 Å². The number of ether oxygens (including phenoxy) is 1. The maximum absolute atomic E-state index is 11.7. The zero-order valence-corrected chi connectivity index (χ0v) is 11.5. The number of carbonyl (C=O) groups is 2. The van der Waals surface area contributed by atoms with E-state index in [0.717, 1.165) is 0 Å². The molecule has 2 N–H and O–H groups in total. The third kappa shape index (κ3) is 2.90. The van der Waals surface area contributed by atoms with Gasteiger partial charge in [-0.3, -0.25) is 4.79 Å². The quantitative estimate of drug-likeness (QED) is 0.801. The molecule has 0 aliphatic carbocycles. The number of carboxylic acid groups (broad SMARTS) is 1. The summed E-state index contributed by atoms with van der Waals surface area (Å²) < 4.78 is 5.64. The monoisotopic (exact) mass is 290 g/mol. The molecule has 0 radical (unpaired) electrons. The summed E-state index contributed by atoms with van der Waals surface area (Å²) in [5.74, 6) is -1.48. The van der Waals surface area contributed by atoms with E-state index >= 15 is 0 Å². The Morgan fingerprint density at radius 2 is 2.05 bits per heavy atom. The van der Waals surface area contributed by atoms with E-state index in [0.29, 0.717) is 11.4 Å². The fourth-order valence-electron chi connectivity index (χ4n) is 1.93. The second-order valence-corrected chi connectivity index (χ2v) is 4.25. The summed E-state index contributed by atoms with van der Waals surface area (Å²) in [6, 6.07) is 7.02. The lowest BCUT2D eigenvalue weighted by Gasteiger charge is -2.05. The van der Waals surface area contributed by atoms with Crippen LogP contribution in [0.2, 0.25) is 0 Å². The smallest absolute Gasteiger partial charge is 0.358 e. The molecule has 1 amide bonds. The van der Waals surface area contributed by atoms with Gasteiger partial charge >= 0.3 is 5.97 Å². The fraction of sp³-hybridized carbons (Fsp3) is 0.231. The summed E-state index contributed by atoms with van der Waals surface area (Å²) in [6.45, 7) is 0. The van der Waals surface area contributed by atoms with E-state index < -0.39 is 5.97 Å². The molecule has 0 bridgehead atoms. The molecule has 8 heteroatoms. The summed E-state index contributed by atoms with van der Waals surface area (Å²) >= 11 is 0. The largest absolute Gasteiger partial charge is 0.476 e. The molecule has 8 nitrogen and oxygen atoms in total. The number of methoxy groups -OCH3 is 1. The molecule has 21 heavy (non-hydrogen) atoms. The molecule has 1 aromatic heterocycles. The Morgan fingerprint density at radius 1 is 1.38 bits per heavy atom. The van der Waals surface area contributed by atoms with Crippen molar-refractivity contribution in [3.8, 4) is 5.69 Å². The lowest BCUT2D eigenvalue weighted by molar-refractivity contribution is -0.115.